The number of hydrogen-bond donors (Lipinski definition) is 1. The minimum absolute atomic E-state index is 0.180. The maximum Gasteiger partial charge on any atom is 0.264 e. The van der Waals surface area contributed by atoms with Gasteiger partial charge in [0.1, 0.15) is 5.75 Å². The summed E-state index contributed by atoms with van der Waals surface area (Å²) in [7, 11) is -2.03. The first kappa shape index (κ1) is 21.9. The zero-order chi connectivity index (χ0) is 22.9. The molecule has 1 unspecified atom stereocenters. The fraction of sp³-hybridized carbons (Fsp3) is 0.240. The van der Waals surface area contributed by atoms with Gasteiger partial charge in [-0.2, -0.15) is 0 Å². The Kier molecular flexibility index (Phi) is 5.93. The summed E-state index contributed by atoms with van der Waals surface area (Å²) in [5, 5.41) is 3.00. The van der Waals surface area contributed by atoms with E-state index in [-0.39, 0.29) is 16.8 Å². The average Bonchev–Trinajstić information content (AvgIpc) is 3.23. The van der Waals surface area contributed by atoms with E-state index in [0.29, 0.717) is 24.2 Å². The molecule has 7 heteroatoms. The third-order valence-electron chi connectivity index (χ3n) is 5.77. The first-order valence-electron chi connectivity index (χ1n) is 10.5. The zero-order valence-electron chi connectivity index (χ0n) is 18.3. The van der Waals surface area contributed by atoms with E-state index in [1.54, 1.807) is 49.6 Å². The Balaban J connectivity index is 1.51. The van der Waals surface area contributed by atoms with Crippen LogP contribution in [0.2, 0.25) is 0 Å². The highest BCUT2D eigenvalue weighted by Crippen LogP contribution is 2.33. The van der Waals surface area contributed by atoms with Crippen molar-refractivity contribution in [3.8, 4) is 5.75 Å². The molecule has 6 nitrogen and oxygen atoms in total. The van der Waals surface area contributed by atoms with Crippen LogP contribution in [-0.2, 0) is 16.4 Å². The minimum Gasteiger partial charge on any atom is -0.497 e. The van der Waals surface area contributed by atoms with Crippen molar-refractivity contribution in [2.75, 3.05) is 18.0 Å². The molecule has 1 atom stereocenters. The van der Waals surface area contributed by atoms with E-state index in [1.165, 1.54) is 4.31 Å². The Bertz CT molecular complexity index is 1240. The normalized spacial score (nSPS) is 14.0. The van der Waals surface area contributed by atoms with Crippen molar-refractivity contribution in [3.63, 3.8) is 0 Å². The third-order valence-corrected chi connectivity index (χ3v) is 7.59. The number of aryl methyl sites for hydroxylation is 1. The smallest absolute Gasteiger partial charge is 0.264 e. The number of benzene rings is 3. The molecule has 32 heavy (non-hydrogen) atoms. The summed E-state index contributed by atoms with van der Waals surface area (Å²) in [6.07, 6.45) is 0.565. The van der Waals surface area contributed by atoms with Crippen molar-refractivity contribution in [2.24, 2.45) is 0 Å². The Morgan fingerprint density at radius 3 is 2.38 bits per heavy atom. The van der Waals surface area contributed by atoms with Crippen LogP contribution >= 0.6 is 0 Å². The molecule has 1 aliphatic rings. The monoisotopic (exact) mass is 450 g/mol. The third kappa shape index (κ3) is 4.21. The SMILES string of the molecule is COc1ccc(C(C)NC(=O)c2ccc3c(c2)CCN3S(=O)(=O)c2ccc(C)cc2)cc1. The summed E-state index contributed by atoms with van der Waals surface area (Å²) in [5.74, 6) is 0.562. The largest absolute Gasteiger partial charge is 0.497 e. The van der Waals surface area contributed by atoms with Gasteiger partial charge < -0.3 is 10.1 Å². The fourth-order valence-corrected chi connectivity index (χ4v) is 5.36. The first-order valence-corrected chi connectivity index (χ1v) is 11.9. The van der Waals surface area contributed by atoms with Gasteiger partial charge >= 0.3 is 0 Å². The van der Waals surface area contributed by atoms with Crippen LogP contribution in [0.1, 0.15) is 40.0 Å². The Labute approximate surface area is 188 Å². The van der Waals surface area contributed by atoms with Crippen LogP contribution in [-0.4, -0.2) is 28.0 Å². The first-order chi connectivity index (χ1) is 15.3. The molecule has 0 saturated heterocycles. The van der Waals surface area contributed by atoms with E-state index in [1.807, 2.05) is 38.1 Å². The molecule has 166 valence electrons. The number of nitrogens with one attached hydrogen (secondary N) is 1. The zero-order valence-corrected chi connectivity index (χ0v) is 19.1. The van der Waals surface area contributed by atoms with Crippen LogP contribution in [0.5, 0.6) is 5.75 Å². The predicted molar refractivity (Wildman–Crippen MR) is 125 cm³/mol. The summed E-state index contributed by atoms with van der Waals surface area (Å²) >= 11 is 0. The second kappa shape index (κ2) is 8.67. The fourth-order valence-electron chi connectivity index (χ4n) is 3.86. The molecular weight excluding hydrogens is 424 g/mol. The average molecular weight is 451 g/mol. The van der Waals surface area contributed by atoms with Gasteiger partial charge in [-0.3, -0.25) is 9.10 Å². The maximum atomic E-state index is 13.1. The standard InChI is InChI=1S/C25H26N2O4S/c1-17-4-11-23(12-5-17)32(29,30)27-15-14-20-16-21(8-13-24(20)27)25(28)26-18(2)19-6-9-22(31-3)10-7-19/h4-13,16,18H,14-15H2,1-3H3,(H,26,28). The lowest BCUT2D eigenvalue weighted by atomic mass is 10.1. The van der Waals surface area contributed by atoms with Gasteiger partial charge in [0.25, 0.3) is 15.9 Å². The second-order valence-corrected chi connectivity index (χ2v) is 9.81. The number of ether oxygens (including phenoxy) is 1. The minimum atomic E-state index is -3.64. The molecule has 0 bridgehead atoms. The van der Waals surface area contributed by atoms with E-state index in [2.05, 4.69) is 5.32 Å². The molecule has 4 rings (SSSR count). The number of rotatable bonds is 6. The van der Waals surface area contributed by atoms with Crippen molar-refractivity contribution in [1.82, 2.24) is 5.32 Å². The van der Waals surface area contributed by atoms with Crippen LogP contribution in [0.4, 0.5) is 5.69 Å². The number of fused-ring (bicyclic) bond motifs is 1. The van der Waals surface area contributed by atoms with Crippen LogP contribution < -0.4 is 14.4 Å². The summed E-state index contributed by atoms with van der Waals surface area (Å²) in [5.41, 5.74) is 3.97. The van der Waals surface area contributed by atoms with Crippen LogP contribution in [0.3, 0.4) is 0 Å². The highest BCUT2D eigenvalue weighted by molar-refractivity contribution is 7.92. The maximum absolute atomic E-state index is 13.1. The highest BCUT2D eigenvalue weighted by atomic mass is 32.2. The van der Waals surface area contributed by atoms with Crippen LogP contribution in [0.15, 0.2) is 71.6 Å². The molecule has 0 saturated carbocycles. The summed E-state index contributed by atoms with van der Waals surface area (Å²) in [6.45, 7) is 4.20. The lowest BCUT2D eigenvalue weighted by molar-refractivity contribution is 0.0940. The molecule has 1 aliphatic heterocycles. The molecule has 0 aromatic heterocycles. The van der Waals surface area contributed by atoms with Crippen molar-refractivity contribution in [3.05, 3.63) is 89.0 Å². The van der Waals surface area contributed by atoms with Gasteiger partial charge in [-0.1, -0.05) is 29.8 Å². The van der Waals surface area contributed by atoms with Crippen molar-refractivity contribution in [2.45, 2.75) is 31.2 Å². The number of hydrogen-bond acceptors (Lipinski definition) is 4. The number of methoxy groups -OCH3 is 1. The van der Waals surface area contributed by atoms with E-state index in [0.717, 1.165) is 22.4 Å². The molecule has 1 N–H and O–H groups in total. The molecule has 1 heterocycles. The van der Waals surface area contributed by atoms with Gasteiger partial charge in [0.2, 0.25) is 0 Å². The Hall–Kier alpha value is -3.32. The molecule has 3 aromatic rings. The number of amides is 1. The number of carbonyl (C=O) groups excluding carboxylic acids is 1. The number of carbonyl (C=O) groups is 1. The summed E-state index contributed by atoms with van der Waals surface area (Å²) < 4.78 is 32.8. The van der Waals surface area contributed by atoms with Crippen molar-refractivity contribution < 1.29 is 17.9 Å². The van der Waals surface area contributed by atoms with Crippen LogP contribution in [0, 0.1) is 6.92 Å². The highest BCUT2D eigenvalue weighted by Gasteiger charge is 2.31. The summed E-state index contributed by atoms with van der Waals surface area (Å²) in [4.78, 5) is 13.1. The van der Waals surface area contributed by atoms with Gasteiger partial charge in [0, 0.05) is 12.1 Å². The van der Waals surface area contributed by atoms with E-state index >= 15 is 0 Å². The topological polar surface area (TPSA) is 75.7 Å². The quantitative estimate of drug-likeness (QED) is 0.609. The summed E-state index contributed by atoms with van der Waals surface area (Å²) in [6, 6.07) is 19.4. The van der Waals surface area contributed by atoms with Crippen molar-refractivity contribution >= 4 is 21.6 Å². The van der Waals surface area contributed by atoms with E-state index < -0.39 is 10.0 Å². The second-order valence-electron chi connectivity index (χ2n) is 7.95. The molecule has 0 fully saturated rings. The van der Waals surface area contributed by atoms with Crippen molar-refractivity contribution in [1.29, 1.82) is 0 Å². The Morgan fingerprint density at radius 2 is 1.72 bits per heavy atom. The number of sulfonamides is 1. The number of nitrogens with zero attached hydrogens (tertiary/aromatic N) is 1. The van der Waals surface area contributed by atoms with Gasteiger partial charge in [-0.15, -0.1) is 0 Å². The van der Waals surface area contributed by atoms with E-state index in [9.17, 15) is 13.2 Å². The lowest BCUT2D eigenvalue weighted by Crippen LogP contribution is -2.29. The van der Waals surface area contributed by atoms with Gasteiger partial charge in [-0.05, 0) is 73.9 Å². The van der Waals surface area contributed by atoms with Gasteiger partial charge in [-0.25, -0.2) is 8.42 Å². The van der Waals surface area contributed by atoms with E-state index in [4.69, 9.17) is 4.74 Å². The van der Waals surface area contributed by atoms with Crippen LogP contribution in [0.25, 0.3) is 0 Å². The molecular formula is C25H26N2O4S. The molecule has 3 aromatic carbocycles. The molecule has 0 spiro atoms. The van der Waals surface area contributed by atoms with Gasteiger partial charge in [0.05, 0.1) is 23.7 Å². The predicted octanol–water partition coefficient (Wildman–Crippen LogP) is 4.25. The Morgan fingerprint density at radius 1 is 1.03 bits per heavy atom. The molecule has 1 amide bonds. The van der Waals surface area contributed by atoms with Gasteiger partial charge in [0.15, 0.2) is 0 Å². The molecule has 0 radical (unpaired) electrons. The molecule has 0 aliphatic carbocycles. The number of anilines is 1. The lowest BCUT2D eigenvalue weighted by Gasteiger charge is -2.20.